The second-order valence-electron chi connectivity index (χ2n) is 5.89. The van der Waals surface area contributed by atoms with Gasteiger partial charge in [-0.2, -0.15) is 0 Å². The van der Waals surface area contributed by atoms with E-state index in [9.17, 15) is 9.59 Å². The monoisotopic (exact) mass is 309 g/mol. The number of benzene rings is 2. The second-order valence-corrected chi connectivity index (χ2v) is 5.89. The van der Waals surface area contributed by atoms with E-state index in [1.165, 1.54) is 11.1 Å². The summed E-state index contributed by atoms with van der Waals surface area (Å²) in [6, 6.07) is 13.2. The summed E-state index contributed by atoms with van der Waals surface area (Å²) in [4.78, 5) is 23.0. The number of nitrogens with one attached hydrogen (secondary N) is 1. The zero-order chi connectivity index (χ0) is 16.2. The predicted molar refractivity (Wildman–Crippen MR) is 88.8 cm³/mol. The van der Waals surface area contributed by atoms with Crippen LogP contribution in [0.2, 0.25) is 0 Å². The van der Waals surface area contributed by atoms with Crippen LogP contribution in [-0.4, -0.2) is 17.0 Å². The number of carbonyl (C=O) groups is 2. The van der Waals surface area contributed by atoms with Crippen LogP contribution in [0.15, 0.2) is 42.5 Å². The molecule has 0 aliphatic heterocycles. The number of amides is 1. The molecule has 3 rings (SSSR count). The van der Waals surface area contributed by atoms with E-state index in [0.29, 0.717) is 17.7 Å². The van der Waals surface area contributed by atoms with Gasteiger partial charge in [-0.15, -0.1) is 0 Å². The fourth-order valence-electron chi connectivity index (χ4n) is 2.97. The number of hydrogen-bond acceptors (Lipinski definition) is 2. The zero-order valence-electron chi connectivity index (χ0n) is 12.8. The van der Waals surface area contributed by atoms with Crippen molar-refractivity contribution in [1.82, 2.24) is 0 Å². The molecule has 4 heteroatoms. The number of anilines is 1. The van der Waals surface area contributed by atoms with Gasteiger partial charge in [0.25, 0.3) is 5.91 Å². The van der Waals surface area contributed by atoms with Crippen LogP contribution in [0.25, 0.3) is 0 Å². The molecular formula is C19H19NO3. The van der Waals surface area contributed by atoms with Gasteiger partial charge in [0.15, 0.2) is 0 Å². The number of carboxylic acids is 1. The zero-order valence-corrected chi connectivity index (χ0v) is 12.8. The quantitative estimate of drug-likeness (QED) is 0.889. The molecule has 0 radical (unpaired) electrons. The molecule has 1 aliphatic rings. The van der Waals surface area contributed by atoms with E-state index < -0.39 is 5.97 Å². The lowest BCUT2D eigenvalue weighted by atomic mass is 10.1. The Kier molecular flexibility index (Phi) is 4.42. The van der Waals surface area contributed by atoms with Crippen molar-refractivity contribution in [2.45, 2.75) is 32.1 Å². The highest BCUT2D eigenvalue weighted by Gasteiger charge is 2.14. The van der Waals surface area contributed by atoms with E-state index >= 15 is 0 Å². The Morgan fingerprint density at radius 3 is 2.70 bits per heavy atom. The van der Waals surface area contributed by atoms with Crippen LogP contribution in [0.3, 0.4) is 0 Å². The fourth-order valence-corrected chi connectivity index (χ4v) is 2.97. The molecule has 2 N–H and O–H groups in total. The molecule has 0 unspecified atom stereocenters. The van der Waals surface area contributed by atoms with Crippen LogP contribution in [0.1, 0.15) is 39.9 Å². The van der Waals surface area contributed by atoms with Crippen molar-refractivity contribution in [2.24, 2.45) is 0 Å². The molecule has 2 aromatic rings. The number of carboxylic acid groups (broad SMARTS) is 1. The van der Waals surface area contributed by atoms with Gasteiger partial charge in [-0.1, -0.05) is 18.2 Å². The Bertz CT molecular complexity index is 752. The van der Waals surface area contributed by atoms with Gasteiger partial charge in [0.05, 0.1) is 0 Å². The summed E-state index contributed by atoms with van der Waals surface area (Å²) in [7, 11) is 0. The number of fused-ring (bicyclic) bond motifs is 1. The summed E-state index contributed by atoms with van der Waals surface area (Å²) in [5.41, 5.74) is 4.88. The van der Waals surface area contributed by atoms with Crippen molar-refractivity contribution in [2.75, 3.05) is 5.32 Å². The van der Waals surface area contributed by atoms with Crippen LogP contribution in [0, 0.1) is 0 Å². The summed E-state index contributed by atoms with van der Waals surface area (Å²) in [5, 5.41) is 11.6. The molecule has 0 spiro atoms. The third-order valence-electron chi connectivity index (χ3n) is 4.17. The maximum Gasteiger partial charge on any atom is 0.303 e. The first-order valence-electron chi connectivity index (χ1n) is 7.86. The Balaban J connectivity index is 1.70. The number of aryl methyl sites for hydroxylation is 3. The molecule has 0 bridgehead atoms. The van der Waals surface area contributed by atoms with Gasteiger partial charge >= 0.3 is 5.97 Å². The Hall–Kier alpha value is -2.62. The van der Waals surface area contributed by atoms with E-state index in [1.54, 1.807) is 0 Å². The van der Waals surface area contributed by atoms with Crippen molar-refractivity contribution in [3.63, 3.8) is 0 Å². The summed E-state index contributed by atoms with van der Waals surface area (Å²) in [6.45, 7) is 0. The van der Waals surface area contributed by atoms with Gasteiger partial charge in [0, 0.05) is 17.7 Å². The van der Waals surface area contributed by atoms with Crippen LogP contribution in [0.4, 0.5) is 5.69 Å². The van der Waals surface area contributed by atoms with Crippen molar-refractivity contribution in [1.29, 1.82) is 0 Å². The van der Waals surface area contributed by atoms with E-state index in [2.05, 4.69) is 5.32 Å². The summed E-state index contributed by atoms with van der Waals surface area (Å²) in [5.74, 6) is -0.951. The second kappa shape index (κ2) is 6.65. The number of hydrogen-bond donors (Lipinski definition) is 2. The molecule has 118 valence electrons. The molecule has 0 aromatic heterocycles. The molecule has 2 aromatic carbocycles. The average Bonchev–Trinajstić information content (AvgIpc) is 3.00. The van der Waals surface area contributed by atoms with Gasteiger partial charge in [-0.25, -0.2) is 0 Å². The first-order valence-corrected chi connectivity index (χ1v) is 7.86. The molecule has 0 saturated heterocycles. The largest absolute Gasteiger partial charge is 0.481 e. The number of carbonyl (C=O) groups excluding carboxylic acids is 1. The lowest BCUT2D eigenvalue weighted by molar-refractivity contribution is -0.136. The lowest BCUT2D eigenvalue weighted by Crippen LogP contribution is -2.12. The van der Waals surface area contributed by atoms with Gasteiger partial charge in [-0.3, -0.25) is 9.59 Å². The summed E-state index contributed by atoms with van der Waals surface area (Å²) < 4.78 is 0. The van der Waals surface area contributed by atoms with Crippen LogP contribution in [0.5, 0.6) is 0 Å². The average molecular weight is 309 g/mol. The molecular weight excluding hydrogens is 290 g/mol. The molecule has 0 atom stereocenters. The van der Waals surface area contributed by atoms with Crippen LogP contribution in [-0.2, 0) is 24.1 Å². The Morgan fingerprint density at radius 2 is 1.87 bits per heavy atom. The van der Waals surface area contributed by atoms with Crippen LogP contribution >= 0.6 is 0 Å². The van der Waals surface area contributed by atoms with E-state index in [4.69, 9.17) is 5.11 Å². The Morgan fingerprint density at radius 1 is 1.04 bits per heavy atom. The maximum absolute atomic E-state index is 12.4. The fraction of sp³-hybridized carbons (Fsp3) is 0.263. The third-order valence-corrected chi connectivity index (χ3v) is 4.17. The molecule has 0 fully saturated rings. The highest BCUT2D eigenvalue weighted by molar-refractivity contribution is 6.04. The SMILES string of the molecule is O=C(O)CCc1cccc(NC(=O)c2ccc3c(c2)CCC3)c1. The maximum atomic E-state index is 12.4. The molecule has 4 nitrogen and oxygen atoms in total. The first kappa shape index (κ1) is 15.3. The van der Waals surface area contributed by atoms with E-state index in [-0.39, 0.29) is 12.3 Å². The summed E-state index contributed by atoms with van der Waals surface area (Å²) in [6.07, 6.45) is 3.84. The minimum Gasteiger partial charge on any atom is -0.481 e. The molecule has 0 heterocycles. The highest BCUT2D eigenvalue weighted by Crippen LogP contribution is 2.23. The van der Waals surface area contributed by atoms with Gasteiger partial charge in [0.1, 0.15) is 0 Å². The van der Waals surface area contributed by atoms with Crippen molar-refractivity contribution in [3.05, 3.63) is 64.7 Å². The van der Waals surface area contributed by atoms with E-state index in [0.717, 1.165) is 24.8 Å². The van der Waals surface area contributed by atoms with Gasteiger partial charge < -0.3 is 10.4 Å². The highest BCUT2D eigenvalue weighted by atomic mass is 16.4. The summed E-state index contributed by atoms with van der Waals surface area (Å²) >= 11 is 0. The Labute approximate surface area is 135 Å². The minimum atomic E-state index is -0.822. The molecule has 1 amide bonds. The smallest absolute Gasteiger partial charge is 0.303 e. The van der Waals surface area contributed by atoms with Crippen LogP contribution < -0.4 is 5.32 Å². The van der Waals surface area contributed by atoms with Crippen molar-refractivity contribution >= 4 is 17.6 Å². The van der Waals surface area contributed by atoms with Crippen molar-refractivity contribution in [3.8, 4) is 0 Å². The standard InChI is InChI=1S/C19H19NO3/c21-18(22)10-7-13-3-1-6-17(11-13)20-19(23)16-9-8-14-4-2-5-15(14)12-16/h1,3,6,8-9,11-12H,2,4-5,7,10H2,(H,20,23)(H,21,22). The van der Waals surface area contributed by atoms with Gasteiger partial charge in [-0.05, 0) is 66.6 Å². The molecule has 23 heavy (non-hydrogen) atoms. The third kappa shape index (κ3) is 3.77. The minimum absolute atomic E-state index is 0.0855. The molecule has 1 aliphatic carbocycles. The van der Waals surface area contributed by atoms with E-state index in [1.807, 2.05) is 42.5 Å². The lowest BCUT2D eigenvalue weighted by Gasteiger charge is -2.08. The normalized spacial score (nSPS) is 12.7. The van der Waals surface area contributed by atoms with Gasteiger partial charge in [0.2, 0.25) is 0 Å². The van der Waals surface area contributed by atoms with Crippen molar-refractivity contribution < 1.29 is 14.7 Å². The number of aliphatic carboxylic acids is 1. The predicted octanol–water partition coefficient (Wildman–Crippen LogP) is 3.44. The molecule has 0 saturated carbocycles. The number of rotatable bonds is 5. The first-order chi connectivity index (χ1) is 11.1. The topological polar surface area (TPSA) is 66.4 Å².